The first-order valence-corrected chi connectivity index (χ1v) is 4.92. The number of rotatable bonds is 1. The minimum absolute atomic E-state index is 1.11. The number of allylic oxidation sites excluding steroid dienone is 3. The molecule has 0 saturated carbocycles. The van der Waals surface area contributed by atoms with Crippen molar-refractivity contribution in [1.82, 2.24) is 4.90 Å². The number of nitrogens with zero attached hydrogens (tertiary/aromatic N) is 1. The molecule has 1 radical (unpaired) electrons. The fourth-order valence-corrected chi connectivity index (χ4v) is 1.87. The molecule has 1 nitrogen and oxygen atoms in total. The molecule has 2 rings (SSSR count). The molecule has 1 heterocycles. The highest BCUT2D eigenvalue weighted by molar-refractivity contribution is 5.26. The van der Waals surface area contributed by atoms with Gasteiger partial charge in [-0.3, -0.25) is 0 Å². The second-order valence-electron chi connectivity index (χ2n) is 3.51. The van der Waals surface area contributed by atoms with Crippen molar-refractivity contribution < 1.29 is 0 Å². The Kier molecular flexibility index (Phi) is 2.50. The Hall–Kier alpha value is -0.720. The van der Waals surface area contributed by atoms with Gasteiger partial charge in [0.2, 0.25) is 0 Å². The van der Waals surface area contributed by atoms with Gasteiger partial charge in [-0.2, -0.15) is 0 Å². The third-order valence-corrected chi connectivity index (χ3v) is 2.57. The summed E-state index contributed by atoms with van der Waals surface area (Å²) >= 11 is 0. The molecule has 65 valence electrons. The zero-order valence-corrected chi connectivity index (χ0v) is 7.50. The number of likely N-dealkylation sites (tertiary alicyclic amines) is 1. The number of hydrogen-bond donors (Lipinski definition) is 0. The van der Waals surface area contributed by atoms with E-state index in [1.54, 1.807) is 0 Å². The van der Waals surface area contributed by atoms with Crippen LogP contribution in [0.5, 0.6) is 0 Å². The highest BCUT2D eigenvalue weighted by Gasteiger charge is 2.11. The van der Waals surface area contributed by atoms with E-state index in [-0.39, 0.29) is 0 Å². The predicted octanol–water partition coefficient (Wildman–Crippen LogP) is 2.52. The van der Waals surface area contributed by atoms with Gasteiger partial charge in [0.1, 0.15) is 0 Å². The van der Waals surface area contributed by atoms with Crippen molar-refractivity contribution in [2.24, 2.45) is 0 Å². The Morgan fingerprint density at radius 3 is 2.58 bits per heavy atom. The van der Waals surface area contributed by atoms with E-state index >= 15 is 0 Å². The van der Waals surface area contributed by atoms with Crippen molar-refractivity contribution in [3.8, 4) is 0 Å². The number of hydrogen-bond acceptors (Lipinski definition) is 1. The van der Waals surface area contributed by atoms with Gasteiger partial charge in [0.15, 0.2) is 0 Å². The summed E-state index contributed by atoms with van der Waals surface area (Å²) in [4.78, 5) is 2.50. The molecule has 0 N–H and O–H groups in total. The molecule has 0 spiro atoms. The molecule has 0 atom stereocenters. The third-order valence-electron chi connectivity index (χ3n) is 2.57. The van der Waals surface area contributed by atoms with Crippen molar-refractivity contribution in [2.45, 2.75) is 25.7 Å². The van der Waals surface area contributed by atoms with Gasteiger partial charge in [-0.1, -0.05) is 12.2 Å². The first-order valence-electron chi connectivity index (χ1n) is 4.92. The normalized spacial score (nSPS) is 24.0. The Labute approximate surface area is 74.8 Å². The van der Waals surface area contributed by atoms with Gasteiger partial charge < -0.3 is 4.90 Å². The van der Waals surface area contributed by atoms with Crippen molar-refractivity contribution >= 4 is 0 Å². The first kappa shape index (κ1) is 7.90. The Morgan fingerprint density at radius 1 is 1.08 bits per heavy atom. The van der Waals surface area contributed by atoms with Crippen LogP contribution in [0.4, 0.5) is 0 Å². The maximum Gasteiger partial charge on any atom is 0.0325 e. The van der Waals surface area contributed by atoms with Crippen LogP contribution in [0, 0.1) is 6.42 Å². The predicted molar refractivity (Wildman–Crippen MR) is 51.6 cm³/mol. The van der Waals surface area contributed by atoms with Crippen LogP contribution in [-0.4, -0.2) is 18.0 Å². The summed E-state index contributed by atoms with van der Waals surface area (Å²) in [5.41, 5.74) is 1.42. The van der Waals surface area contributed by atoms with Crippen LogP contribution in [-0.2, 0) is 0 Å². The number of piperidine rings is 1. The maximum atomic E-state index is 2.50. The average molecular weight is 162 g/mol. The lowest BCUT2D eigenvalue weighted by molar-refractivity contribution is 0.292. The summed E-state index contributed by atoms with van der Waals surface area (Å²) in [7, 11) is 0. The van der Waals surface area contributed by atoms with Gasteiger partial charge in [-0.15, -0.1) is 0 Å². The van der Waals surface area contributed by atoms with E-state index in [1.165, 1.54) is 38.0 Å². The van der Waals surface area contributed by atoms with Gasteiger partial charge >= 0.3 is 0 Å². The molecule has 1 aliphatic heterocycles. The van der Waals surface area contributed by atoms with Crippen molar-refractivity contribution in [2.75, 3.05) is 13.1 Å². The Morgan fingerprint density at radius 2 is 1.92 bits per heavy atom. The molecule has 0 aromatic rings. The van der Waals surface area contributed by atoms with Crippen LogP contribution in [0.25, 0.3) is 0 Å². The largest absolute Gasteiger partial charge is 0.372 e. The summed E-state index contributed by atoms with van der Waals surface area (Å²) in [6.07, 6.45) is 14.2. The lowest BCUT2D eigenvalue weighted by atomic mass is 10.1. The van der Waals surface area contributed by atoms with Gasteiger partial charge in [0, 0.05) is 18.8 Å². The summed E-state index contributed by atoms with van der Waals surface area (Å²) in [5, 5.41) is 0. The fourth-order valence-electron chi connectivity index (χ4n) is 1.87. The van der Waals surface area contributed by atoms with E-state index in [9.17, 15) is 0 Å². The van der Waals surface area contributed by atoms with E-state index in [1.807, 2.05) is 0 Å². The van der Waals surface area contributed by atoms with Crippen LogP contribution in [0.2, 0.25) is 0 Å². The van der Waals surface area contributed by atoms with Gasteiger partial charge in [-0.05, 0) is 38.2 Å². The van der Waals surface area contributed by atoms with Crippen LogP contribution in [0.15, 0.2) is 23.9 Å². The topological polar surface area (TPSA) is 3.24 Å². The summed E-state index contributed by atoms with van der Waals surface area (Å²) in [5.74, 6) is 0. The summed E-state index contributed by atoms with van der Waals surface area (Å²) < 4.78 is 0. The van der Waals surface area contributed by atoms with Gasteiger partial charge in [-0.25, -0.2) is 0 Å². The maximum absolute atomic E-state index is 2.50. The molecule has 0 amide bonds. The monoisotopic (exact) mass is 162 g/mol. The van der Waals surface area contributed by atoms with Gasteiger partial charge in [0.25, 0.3) is 0 Å². The van der Waals surface area contributed by atoms with Gasteiger partial charge in [0.05, 0.1) is 0 Å². The van der Waals surface area contributed by atoms with E-state index in [4.69, 9.17) is 0 Å². The van der Waals surface area contributed by atoms with Crippen LogP contribution in [0.3, 0.4) is 0 Å². The average Bonchev–Trinajstić information content (AvgIpc) is 2.21. The summed E-state index contributed by atoms with van der Waals surface area (Å²) in [6, 6.07) is 0. The smallest absolute Gasteiger partial charge is 0.0325 e. The summed E-state index contributed by atoms with van der Waals surface area (Å²) in [6.45, 7) is 2.51. The lowest BCUT2D eigenvalue weighted by Gasteiger charge is -2.30. The van der Waals surface area contributed by atoms with Crippen molar-refractivity contribution in [3.63, 3.8) is 0 Å². The van der Waals surface area contributed by atoms with E-state index < -0.39 is 0 Å². The SMILES string of the molecule is [CH]1C=C(N2CCCCC2)C=CC1. The molecule has 0 aromatic carbocycles. The zero-order valence-electron chi connectivity index (χ0n) is 7.50. The Bertz CT molecular complexity index is 197. The van der Waals surface area contributed by atoms with Crippen molar-refractivity contribution in [1.29, 1.82) is 0 Å². The molecule has 1 fully saturated rings. The molecule has 12 heavy (non-hydrogen) atoms. The molecule has 1 aliphatic carbocycles. The first-order chi connectivity index (χ1) is 5.97. The molecule has 0 aromatic heterocycles. The minimum Gasteiger partial charge on any atom is -0.372 e. The van der Waals surface area contributed by atoms with E-state index in [2.05, 4.69) is 29.5 Å². The second-order valence-corrected chi connectivity index (χ2v) is 3.51. The second kappa shape index (κ2) is 3.79. The highest BCUT2D eigenvalue weighted by atomic mass is 15.1. The fraction of sp³-hybridized carbons (Fsp3) is 0.545. The molecular weight excluding hydrogens is 146 g/mol. The van der Waals surface area contributed by atoms with Crippen LogP contribution < -0.4 is 0 Å². The highest BCUT2D eigenvalue weighted by Crippen LogP contribution is 2.18. The van der Waals surface area contributed by atoms with Crippen molar-refractivity contribution in [3.05, 3.63) is 30.3 Å². The molecule has 1 saturated heterocycles. The molecule has 0 bridgehead atoms. The Balaban J connectivity index is 1.97. The molecular formula is C11H16N. The molecule has 0 unspecified atom stereocenters. The van der Waals surface area contributed by atoms with Crippen LogP contribution in [0.1, 0.15) is 25.7 Å². The van der Waals surface area contributed by atoms with E-state index in [0.29, 0.717) is 0 Å². The van der Waals surface area contributed by atoms with Crippen LogP contribution >= 0.6 is 0 Å². The van der Waals surface area contributed by atoms with E-state index in [0.717, 1.165) is 6.42 Å². The zero-order chi connectivity index (χ0) is 8.23. The lowest BCUT2D eigenvalue weighted by Crippen LogP contribution is -2.28. The quantitative estimate of drug-likeness (QED) is 0.572. The molecule has 2 aliphatic rings. The third kappa shape index (κ3) is 1.71. The molecule has 1 heteroatoms. The minimum atomic E-state index is 1.11. The standard InChI is InChI=1S/C11H16N/c1-3-7-11(8-4-1)12-9-5-2-6-10-12/h3-4,7-8H,1-2,5-6,9-10H2.